The van der Waals surface area contributed by atoms with Gasteiger partial charge in [-0.15, -0.1) is 0 Å². The maximum atomic E-state index is 12.5. The van der Waals surface area contributed by atoms with Gasteiger partial charge in [-0.1, -0.05) is 58.0 Å². The molecular formula is C23H30N2O3. The highest BCUT2D eigenvalue weighted by Gasteiger charge is 2.16. The van der Waals surface area contributed by atoms with Crippen molar-refractivity contribution < 1.29 is 14.3 Å². The number of hydrogen-bond acceptors (Lipinski definition) is 3. The molecule has 5 nitrogen and oxygen atoms in total. The minimum Gasteiger partial charge on any atom is -0.497 e. The second-order valence-electron chi connectivity index (χ2n) is 7.47. The molecule has 0 spiro atoms. The molecule has 0 aliphatic carbocycles. The number of para-hydroxylation sites is 1. The summed E-state index contributed by atoms with van der Waals surface area (Å²) in [6, 6.07) is 13.4. The van der Waals surface area contributed by atoms with Gasteiger partial charge < -0.3 is 15.4 Å². The van der Waals surface area contributed by atoms with Crippen molar-refractivity contribution in [2.24, 2.45) is 0 Å². The topological polar surface area (TPSA) is 67.4 Å². The highest BCUT2D eigenvalue weighted by molar-refractivity contribution is 5.96. The number of carbonyl (C=O) groups excluding carboxylic acids is 2. The van der Waals surface area contributed by atoms with Crippen molar-refractivity contribution >= 4 is 17.5 Å². The second kappa shape index (κ2) is 9.93. The Bertz CT molecular complexity index is 785. The van der Waals surface area contributed by atoms with Crippen molar-refractivity contribution in [2.75, 3.05) is 19.0 Å². The third-order valence-electron chi connectivity index (χ3n) is 4.61. The zero-order valence-corrected chi connectivity index (χ0v) is 17.3. The average molecular weight is 383 g/mol. The van der Waals surface area contributed by atoms with E-state index in [1.54, 1.807) is 7.11 Å². The molecule has 5 heteroatoms. The highest BCUT2D eigenvalue weighted by atomic mass is 16.5. The summed E-state index contributed by atoms with van der Waals surface area (Å²) in [5.74, 6) is 0.908. The van der Waals surface area contributed by atoms with Crippen LogP contribution in [0.5, 0.6) is 5.75 Å². The molecule has 28 heavy (non-hydrogen) atoms. The van der Waals surface area contributed by atoms with Crippen molar-refractivity contribution in [3.8, 4) is 5.75 Å². The van der Waals surface area contributed by atoms with Crippen LogP contribution in [0.2, 0.25) is 0 Å². The Morgan fingerprint density at radius 2 is 1.46 bits per heavy atom. The standard InChI is InChI=1S/C23H30N2O3/c1-15(2)19-7-6-8-20(16(3)4)23(19)25-22(27)14-24-21(26)13-17-9-11-18(28-5)12-10-17/h6-12,15-16H,13-14H2,1-5H3,(H,24,26)(H,25,27). The van der Waals surface area contributed by atoms with Crippen LogP contribution in [0.4, 0.5) is 5.69 Å². The molecule has 2 aromatic rings. The SMILES string of the molecule is COc1ccc(CC(=O)NCC(=O)Nc2c(C(C)C)cccc2C(C)C)cc1. The molecule has 0 aliphatic rings. The number of nitrogens with one attached hydrogen (secondary N) is 2. The Morgan fingerprint density at radius 1 is 0.893 bits per heavy atom. The number of hydrogen-bond donors (Lipinski definition) is 2. The van der Waals surface area contributed by atoms with Crippen LogP contribution >= 0.6 is 0 Å². The molecule has 0 bridgehead atoms. The van der Waals surface area contributed by atoms with Crippen molar-refractivity contribution in [1.82, 2.24) is 5.32 Å². The van der Waals surface area contributed by atoms with Gasteiger partial charge in [-0.25, -0.2) is 0 Å². The lowest BCUT2D eigenvalue weighted by atomic mass is 9.92. The van der Waals surface area contributed by atoms with E-state index in [4.69, 9.17) is 4.74 Å². The van der Waals surface area contributed by atoms with E-state index in [9.17, 15) is 9.59 Å². The van der Waals surface area contributed by atoms with Gasteiger partial charge in [0.15, 0.2) is 0 Å². The third-order valence-corrected chi connectivity index (χ3v) is 4.61. The fraction of sp³-hybridized carbons (Fsp3) is 0.391. The monoisotopic (exact) mass is 382 g/mol. The van der Waals surface area contributed by atoms with E-state index in [1.165, 1.54) is 0 Å². The predicted octanol–water partition coefficient (Wildman–Crippen LogP) is 4.24. The Balaban J connectivity index is 1.97. The van der Waals surface area contributed by atoms with Crippen LogP contribution in [0, 0.1) is 0 Å². The molecule has 2 amide bonds. The van der Waals surface area contributed by atoms with Crippen LogP contribution < -0.4 is 15.4 Å². The lowest BCUT2D eigenvalue weighted by molar-refractivity contribution is -0.123. The predicted molar refractivity (Wildman–Crippen MR) is 113 cm³/mol. The van der Waals surface area contributed by atoms with Crippen LogP contribution in [0.25, 0.3) is 0 Å². The van der Waals surface area contributed by atoms with Crippen molar-refractivity contribution in [2.45, 2.75) is 46.0 Å². The fourth-order valence-electron chi connectivity index (χ4n) is 3.05. The molecule has 150 valence electrons. The lowest BCUT2D eigenvalue weighted by Crippen LogP contribution is -2.34. The zero-order chi connectivity index (χ0) is 20.7. The number of benzene rings is 2. The van der Waals surface area contributed by atoms with E-state index in [0.717, 1.165) is 28.1 Å². The third kappa shape index (κ3) is 5.84. The van der Waals surface area contributed by atoms with Gasteiger partial charge in [0.1, 0.15) is 5.75 Å². The average Bonchev–Trinajstić information content (AvgIpc) is 2.66. The van der Waals surface area contributed by atoms with Crippen LogP contribution in [0.15, 0.2) is 42.5 Å². The van der Waals surface area contributed by atoms with Crippen molar-refractivity contribution in [1.29, 1.82) is 0 Å². The molecule has 0 saturated heterocycles. The van der Waals surface area contributed by atoms with Crippen molar-refractivity contribution in [3.63, 3.8) is 0 Å². The number of carbonyl (C=O) groups is 2. The van der Waals surface area contributed by atoms with E-state index >= 15 is 0 Å². The minimum atomic E-state index is -0.224. The number of methoxy groups -OCH3 is 1. The van der Waals surface area contributed by atoms with E-state index in [0.29, 0.717) is 11.8 Å². The molecule has 0 fully saturated rings. The number of amides is 2. The summed E-state index contributed by atoms with van der Waals surface area (Å²) >= 11 is 0. The van der Waals surface area contributed by atoms with Crippen LogP contribution in [-0.2, 0) is 16.0 Å². The molecular weight excluding hydrogens is 352 g/mol. The second-order valence-corrected chi connectivity index (χ2v) is 7.47. The van der Waals surface area contributed by atoms with Gasteiger partial charge in [0, 0.05) is 5.69 Å². The summed E-state index contributed by atoms with van der Waals surface area (Å²) in [7, 11) is 1.60. The first-order chi connectivity index (χ1) is 13.3. The molecule has 2 N–H and O–H groups in total. The molecule has 0 unspecified atom stereocenters. The van der Waals surface area contributed by atoms with E-state index in [-0.39, 0.29) is 24.8 Å². The van der Waals surface area contributed by atoms with E-state index in [1.807, 2.05) is 42.5 Å². The molecule has 0 heterocycles. The van der Waals surface area contributed by atoms with Gasteiger partial charge in [-0.3, -0.25) is 9.59 Å². The van der Waals surface area contributed by atoms with E-state index < -0.39 is 0 Å². The smallest absolute Gasteiger partial charge is 0.243 e. The van der Waals surface area contributed by atoms with Gasteiger partial charge in [-0.05, 0) is 40.7 Å². The first kappa shape index (κ1) is 21.5. The molecule has 2 aromatic carbocycles. The molecule has 0 radical (unpaired) electrons. The van der Waals surface area contributed by atoms with Gasteiger partial charge in [0.25, 0.3) is 0 Å². The molecule has 0 aromatic heterocycles. The Kier molecular flexibility index (Phi) is 7.61. The normalized spacial score (nSPS) is 10.8. The summed E-state index contributed by atoms with van der Waals surface area (Å²) in [4.78, 5) is 24.6. The zero-order valence-electron chi connectivity index (χ0n) is 17.3. The summed E-state index contributed by atoms with van der Waals surface area (Å²) < 4.78 is 5.11. The highest BCUT2D eigenvalue weighted by Crippen LogP contribution is 2.32. The maximum absolute atomic E-state index is 12.5. The molecule has 2 rings (SSSR count). The van der Waals surface area contributed by atoms with Gasteiger partial charge in [0.2, 0.25) is 11.8 Å². The fourth-order valence-corrected chi connectivity index (χ4v) is 3.05. The molecule has 0 saturated carbocycles. The molecule has 0 atom stereocenters. The van der Waals surface area contributed by atoms with Gasteiger partial charge in [0.05, 0.1) is 20.1 Å². The summed E-state index contributed by atoms with van der Waals surface area (Å²) in [6.45, 7) is 8.36. The first-order valence-corrected chi connectivity index (χ1v) is 9.64. The maximum Gasteiger partial charge on any atom is 0.243 e. The quantitative estimate of drug-likeness (QED) is 0.718. The van der Waals surface area contributed by atoms with Crippen LogP contribution in [-0.4, -0.2) is 25.5 Å². The Morgan fingerprint density at radius 3 is 1.96 bits per heavy atom. The van der Waals surface area contributed by atoms with Crippen LogP contribution in [0.1, 0.15) is 56.2 Å². The van der Waals surface area contributed by atoms with Crippen molar-refractivity contribution in [3.05, 3.63) is 59.2 Å². The number of ether oxygens (including phenoxy) is 1. The largest absolute Gasteiger partial charge is 0.497 e. The Labute approximate surface area is 167 Å². The first-order valence-electron chi connectivity index (χ1n) is 9.64. The summed E-state index contributed by atoms with van der Waals surface area (Å²) in [5, 5.41) is 5.70. The van der Waals surface area contributed by atoms with E-state index in [2.05, 4.69) is 38.3 Å². The van der Waals surface area contributed by atoms with Crippen LogP contribution in [0.3, 0.4) is 0 Å². The van der Waals surface area contributed by atoms with Gasteiger partial charge >= 0.3 is 0 Å². The minimum absolute atomic E-state index is 0.0566. The summed E-state index contributed by atoms with van der Waals surface area (Å²) in [6.07, 6.45) is 0.219. The lowest BCUT2D eigenvalue weighted by Gasteiger charge is -2.20. The van der Waals surface area contributed by atoms with Gasteiger partial charge in [-0.2, -0.15) is 0 Å². The number of anilines is 1. The Hall–Kier alpha value is -2.82. The molecule has 0 aliphatic heterocycles. The summed E-state index contributed by atoms with van der Waals surface area (Å²) in [5.41, 5.74) is 3.93. The number of rotatable bonds is 8.